The molecular weight excluding hydrogens is 222 g/mol. The first-order chi connectivity index (χ1) is 8.20. The number of carbonyl (C=O) groups excluding carboxylic acids is 2. The van der Waals surface area contributed by atoms with Crippen LogP contribution < -0.4 is 5.32 Å². The van der Waals surface area contributed by atoms with Crippen molar-refractivity contribution >= 4 is 11.7 Å². The zero-order valence-corrected chi connectivity index (χ0v) is 10.8. The van der Waals surface area contributed by atoms with Gasteiger partial charge in [-0.1, -0.05) is 0 Å². The van der Waals surface area contributed by atoms with Crippen LogP contribution in [0.15, 0.2) is 0 Å². The van der Waals surface area contributed by atoms with E-state index in [-0.39, 0.29) is 11.7 Å². The van der Waals surface area contributed by atoms with Gasteiger partial charge in [0.05, 0.1) is 6.61 Å². The summed E-state index contributed by atoms with van der Waals surface area (Å²) in [5.74, 6) is 0.220. The molecule has 0 spiro atoms. The van der Waals surface area contributed by atoms with Gasteiger partial charge >= 0.3 is 0 Å². The summed E-state index contributed by atoms with van der Waals surface area (Å²) < 4.78 is 10.1. The first-order valence-electron chi connectivity index (χ1n) is 5.99. The molecule has 0 heterocycles. The SMILES string of the molecule is CNC(=O)CCOCCCC(=O)CCCOC. The van der Waals surface area contributed by atoms with E-state index >= 15 is 0 Å². The lowest BCUT2D eigenvalue weighted by Crippen LogP contribution is -2.19. The van der Waals surface area contributed by atoms with Gasteiger partial charge in [-0.3, -0.25) is 9.59 Å². The monoisotopic (exact) mass is 245 g/mol. The second-order valence-electron chi connectivity index (χ2n) is 3.77. The number of amides is 1. The van der Waals surface area contributed by atoms with Gasteiger partial charge in [-0.25, -0.2) is 0 Å². The normalized spacial score (nSPS) is 10.2. The minimum absolute atomic E-state index is 0.0272. The minimum Gasteiger partial charge on any atom is -0.385 e. The summed E-state index contributed by atoms with van der Waals surface area (Å²) in [6.45, 7) is 1.58. The molecule has 0 saturated carbocycles. The van der Waals surface area contributed by atoms with E-state index in [0.29, 0.717) is 39.1 Å². The number of methoxy groups -OCH3 is 1. The van der Waals surface area contributed by atoms with E-state index in [2.05, 4.69) is 5.32 Å². The molecule has 0 aromatic rings. The van der Waals surface area contributed by atoms with Crippen molar-refractivity contribution < 1.29 is 19.1 Å². The predicted octanol–water partition coefficient (Wildman–Crippen LogP) is 0.915. The van der Waals surface area contributed by atoms with E-state index in [1.165, 1.54) is 0 Å². The molecule has 100 valence electrons. The van der Waals surface area contributed by atoms with Crippen LogP contribution in [0.25, 0.3) is 0 Å². The number of Topliss-reactive ketones (excluding diaryl/α,β-unsaturated/α-hetero) is 1. The van der Waals surface area contributed by atoms with Crippen molar-refractivity contribution in [3.63, 3.8) is 0 Å². The van der Waals surface area contributed by atoms with E-state index < -0.39 is 0 Å². The molecule has 17 heavy (non-hydrogen) atoms. The van der Waals surface area contributed by atoms with Crippen molar-refractivity contribution in [1.29, 1.82) is 0 Å². The quantitative estimate of drug-likeness (QED) is 0.550. The number of hydrogen-bond acceptors (Lipinski definition) is 4. The topological polar surface area (TPSA) is 64.6 Å². The van der Waals surface area contributed by atoms with E-state index in [1.807, 2.05) is 0 Å². The summed E-state index contributed by atoms with van der Waals surface area (Å²) in [4.78, 5) is 22.2. The molecule has 0 aliphatic carbocycles. The fourth-order valence-electron chi connectivity index (χ4n) is 1.30. The number of carbonyl (C=O) groups is 2. The predicted molar refractivity (Wildman–Crippen MR) is 64.9 cm³/mol. The van der Waals surface area contributed by atoms with Crippen LogP contribution in [-0.2, 0) is 19.1 Å². The van der Waals surface area contributed by atoms with Gasteiger partial charge in [0, 0.05) is 46.6 Å². The molecule has 0 aromatic carbocycles. The van der Waals surface area contributed by atoms with Crippen molar-refractivity contribution in [2.24, 2.45) is 0 Å². The Morgan fingerprint density at radius 2 is 1.65 bits per heavy atom. The van der Waals surface area contributed by atoms with Gasteiger partial charge in [0.1, 0.15) is 5.78 Å². The van der Waals surface area contributed by atoms with Crippen molar-refractivity contribution in [1.82, 2.24) is 5.32 Å². The van der Waals surface area contributed by atoms with Crippen molar-refractivity contribution in [2.45, 2.75) is 32.1 Å². The summed E-state index contributed by atoms with van der Waals surface area (Å²) >= 11 is 0. The highest BCUT2D eigenvalue weighted by molar-refractivity contribution is 5.78. The number of rotatable bonds is 11. The fraction of sp³-hybridized carbons (Fsp3) is 0.833. The van der Waals surface area contributed by atoms with Gasteiger partial charge in [-0.15, -0.1) is 0 Å². The molecule has 1 N–H and O–H groups in total. The lowest BCUT2D eigenvalue weighted by molar-refractivity contribution is -0.122. The highest BCUT2D eigenvalue weighted by Crippen LogP contribution is 1.99. The molecule has 5 nitrogen and oxygen atoms in total. The molecule has 1 amide bonds. The van der Waals surface area contributed by atoms with Crippen LogP contribution >= 0.6 is 0 Å². The molecule has 0 unspecified atom stereocenters. The third-order valence-corrected chi connectivity index (χ3v) is 2.30. The standard InChI is InChI=1S/C12H23NO4/c1-13-12(15)7-10-17-9-4-6-11(14)5-3-8-16-2/h3-10H2,1-2H3,(H,13,15). The first-order valence-corrected chi connectivity index (χ1v) is 5.99. The molecule has 0 fully saturated rings. The zero-order chi connectivity index (χ0) is 12.9. The minimum atomic E-state index is -0.0272. The summed E-state index contributed by atoms with van der Waals surface area (Å²) in [6.07, 6.45) is 3.00. The van der Waals surface area contributed by atoms with Gasteiger partial charge in [-0.2, -0.15) is 0 Å². The number of ketones is 1. The maximum atomic E-state index is 11.3. The molecular formula is C12H23NO4. The Morgan fingerprint density at radius 3 is 2.24 bits per heavy atom. The molecule has 0 bridgehead atoms. The van der Waals surface area contributed by atoms with Crippen LogP contribution in [0.1, 0.15) is 32.1 Å². The smallest absolute Gasteiger partial charge is 0.222 e. The second-order valence-corrected chi connectivity index (χ2v) is 3.77. The van der Waals surface area contributed by atoms with Crippen LogP contribution in [0.5, 0.6) is 0 Å². The third-order valence-electron chi connectivity index (χ3n) is 2.30. The molecule has 0 radical (unpaired) electrons. The van der Waals surface area contributed by atoms with Gasteiger partial charge < -0.3 is 14.8 Å². The Bertz CT molecular complexity index is 219. The largest absolute Gasteiger partial charge is 0.385 e. The molecule has 0 aliphatic heterocycles. The summed E-state index contributed by atoms with van der Waals surface area (Å²) in [5.41, 5.74) is 0. The van der Waals surface area contributed by atoms with E-state index in [4.69, 9.17) is 9.47 Å². The second kappa shape index (κ2) is 11.5. The average Bonchev–Trinajstić information content (AvgIpc) is 2.33. The number of ether oxygens (including phenoxy) is 2. The Kier molecular flexibility index (Phi) is 10.9. The molecule has 0 aliphatic rings. The lowest BCUT2D eigenvalue weighted by Gasteiger charge is -2.03. The molecule has 5 heteroatoms. The first kappa shape index (κ1) is 16.1. The van der Waals surface area contributed by atoms with E-state index in [1.54, 1.807) is 14.2 Å². The Labute approximate surface area is 103 Å². The maximum absolute atomic E-state index is 11.3. The fourth-order valence-corrected chi connectivity index (χ4v) is 1.30. The van der Waals surface area contributed by atoms with Crippen LogP contribution in [0.4, 0.5) is 0 Å². The summed E-state index contributed by atoms with van der Waals surface area (Å²) in [5, 5.41) is 2.52. The Hall–Kier alpha value is -0.940. The number of nitrogens with one attached hydrogen (secondary N) is 1. The molecule has 0 atom stereocenters. The van der Waals surface area contributed by atoms with Crippen LogP contribution in [0.2, 0.25) is 0 Å². The van der Waals surface area contributed by atoms with Crippen LogP contribution in [-0.4, -0.2) is 45.7 Å². The van der Waals surface area contributed by atoms with Crippen molar-refractivity contribution in [2.75, 3.05) is 34.0 Å². The Balaban J connectivity index is 3.22. The van der Waals surface area contributed by atoms with Crippen molar-refractivity contribution in [3.8, 4) is 0 Å². The Morgan fingerprint density at radius 1 is 1.00 bits per heavy atom. The third kappa shape index (κ3) is 11.3. The number of hydrogen-bond donors (Lipinski definition) is 1. The van der Waals surface area contributed by atoms with Gasteiger partial charge in [0.2, 0.25) is 5.91 Å². The zero-order valence-electron chi connectivity index (χ0n) is 10.8. The molecule has 0 saturated heterocycles. The van der Waals surface area contributed by atoms with Crippen LogP contribution in [0, 0.1) is 0 Å². The summed E-state index contributed by atoms with van der Waals surface area (Å²) in [7, 11) is 3.23. The highest BCUT2D eigenvalue weighted by atomic mass is 16.5. The van der Waals surface area contributed by atoms with Gasteiger partial charge in [0.15, 0.2) is 0 Å². The van der Waals surface area contributed by atoms with Crippen molar-refractivity contribution in [3.05, 3.63) is 0 Å². The highest BCUT2D eigenvalue weighted by Gasteiger charge is 2.02. The molecule has 0 aromatic heterocycles. The van der Waals surface area contributed by atoms with E-state index in [9.17, 15) is 9.59 Å². The summed E-state index contributed by atoms with van der Waals surface area (Å²) in [6, 6.07) is 0. The van der Waals surface area contributed by atoms with E-state index in [0.717, 1.165) is 12.8 Å². The lowest BCUT2D eigenvalue weighted by atomic mass is 10.1. The van der Waals surface area contributed by atoms with Gasteiger partial charge in [0.25, 0.3) is 0 Å². The average molecular weight is 245 g/mol. The van der Waals surface area contributed by atoms with Crippen LogP contribution in [0.3, 0.4) is 0 Å². The molecule has 0 rings (SSSR count). The maximum Gasteiger partial charge on any atom is 0.222 e. The van der Waals surface area contributed by atoms with Gasteiger partial charge in [-0.05, 0) is 12.8 Å².